The van der Waals surface area contributed by atoms with Crippen LogP contribution in [0.1, 0.15) is 34.0 Å². The second kappa shape index (κ2) is 4.92. The van der Waals surface area contributed by atoms with E-state index in [-0.39, 0.29) is 11.8 Å². The molecule has 0 aliphatic carbocycles. The monoisotopic (exact) mass is 220 g/mol. The zero-order valence-corrected chi connectivity index (χ0v) is 10.1. The molecule has 1 rings (SSSR count). The number of aryl methyl sites for hydroxylation is 1. The maximum atomic E-state index is 11.5. The largest absolute Gasteiger partial charge is 0.465 e. The summed E-state index contributed by atoms with van der Waals surface area (Å²) >= 11 is 0. The second-order valence-electron chi connectivity index (χ2n) is 3.96. The van der Waals surface area contributed by atoms with Gasteiger partial charge in [-0.3, -0.25) is 4.79 Å². The Labute approximate surface area is 95.4 Å². The van der Waals surface area contributed by atoms with E-state index < -0.39 is 0 Å². The van der Waals surface area contributed by atoms with Crippen molar-refractivity contribution in [2.45, 2.75) is 27.2 Å². The number of Topliss-reactive ketones (excluding diaryl/α,β-unsaturated/α-hetero) is 1. The van der Waals surface area contributed by atoms with Crippen molar-refractivity contribution in [2.75, 3.05) is 7.11 Å². The van der Waals surface area contributed by atoms with E-state index >= 15 is 0 Å². The van der Waals surface area contributed by atoms with Gasteiger partial charge >= 0.3 is 5.97 Å². The Kier molecular flexibility index (Phi) is 3.82. The van der Waals surface area contributed by atoms with Crippen LogP contribution in [0.3, 0.4) is 0 Å². The molecular formula is C13H16O3. The van der Waals surface area contributed by atoms with Crippen LogP contribution >= 0.6 is 0 Å². The molecule has 0 aliphatic rings. The molecule has 0 N–H and O–H groups in total. The smallest absolute Gasteiger partial charge is 0.338 e. The van der Waals surface area contributed by atoms with Crippen LogP contribution in [0, 0.1) is 13.8 Å². The molecule has 0 saturated carbocycles. The first-order chi connectivity index (χ1) is 7.45. The van der Waals surface area contributed by atoms with E-state index in [0.29, 0.717) is 12.0 Å². The summed E-state index contributed by atoms with van der Waals surface area (Å²) in [6.07, 6.45) is 0.352. The second-order valence-corrected chi connectivity index (χ2v) is 3.96. The zero-order chi connectivity index (χ0) is 12.3. The highest BCUT2D eigenvalue weighted by atomic mass is 16.5. The number of rotatable bonds is 3. The predicted octanol–water partition coefficient (Wildman–Crippen LogP) is 2.22. The minimum absolute atomic E-state index is 0.0825. The van der Waals surface area contributed by atoms with Gasteiger partial charge in [0.2, 0.25) is 0 Å². The average Bonchev–Trinajstić information content (AvgIpc) is 2.21. The van der Waals surface area contributed by atoms with Crippen LogP contribution in [-0.4, -0.2) is 18.9 Å². The van der Waals surface area contributed by atoms with Gasteiger partial charge < -0.3 is 4.74 Å². The molecular weight excluding hydrogens is 204 g/mol. The van der Waals surface area contributed by atoms with Crippen molar-refractivity contribution in [1.82, 2.24) is 0 Å². The fourth-order valence-corrected chi connectivity index (χ4v) is 1.65. The van der Waals surface area contributed by atoms with Gasteiger partial charge in [-0.25, -0.2) is 4.79 Å². The molecule has 86 valence electrons. The van der Waals surface area contributed by atoms with Gasteiger partial charge in [0.05, 0.1) is 12.7 Å². The Morgan fingerprint density at radius 2 is 1.88 bits per heavy atom. The molecule has 0 unspecified atom stereocenters. The van der Waals surface area contributed by atoms with Gasteiger partial charge in [0.15, 0.2) is 0 Å². The number of hydrogen-bond acceptors (Lipinski definition) is 3. The van der Waals surface area contributed by atoms with E-state index in [1.165, 1.54) is 14.0 Å². The number of hydrogen-bond donors (Lipinski definition) is 0. The third-order valence-electron chi connectivity index (χ3n) is 2.59. The van der Waals surface area contributed by atoms with Gasteiger partial charge in [-0.1, -0.05) is 6.07 Å². The van der Waals surface area contributed by atoms with Crippen LogP contribution in [0.4, 0.5) is 0 Å². The Morgan fingerprint density at radius 3 is 2.38 bits per heavy atom. The molecule has 16 heavy (non-hydrogen) atoms. The van der Waals surface area contributed by atoms with Crippen molar-refractivity contribution in [3.05, 3.63) is 34.4 Å². The third kappa shape index (κ3) is 2.69. The molecule has 0 amide bonds. The highest BCUT2D eigenvalue weighted by Gasteiger charge is 2.12. The van der Waals surface area contributed by atoms with Crippen LogP contribution in [0.2, 0.25) is 0 Å². The molecule has 0 spiro atoms. The quantitative estimate of drug-likeness (QED) is 0.733. The molecule has 0 fully saturated rings. The maximum Gasteiger partial charge on any atom is 0.338 e. The summed E-state index contributed by atoms with van der Waals surface area (Å²) in [6.45, 7) is 5.33. The molecule has 0 saturated heterocycles. The van der Waals surface area contributed by atoms with Gasteiger partial charge in [-0.15, -0.1) is 0 Å². The van der Waals surface area contributed by atoms with Gasteiger partial charge in [0, 0.05) is 6.42 Å². The number of esters is 1. The van der Waals surface area contributed by atoms with E-state index in [9.17, 15) is 9.59 Å². The Bertz CT molecular complexity index is 433. The zero-order valence-electron chi connectivity index (χ0n) is 10.1. The summed E-state index contributed by atoms with van der Waals surface area (Å²) in [5.41, 5.74) is 3.30. The van der Waals surface area contributed by atoms with Crippen molar-refractivity contribution in [3.63, 3.8) is 0 Å². The SMILES string of the molecule is COC(=O)c1cc(CC(C)=O)cc(C)c1C. The molecule has 0 radical (unpaired) electrons. The van der Waals surface area contributed by atoms with Gasteiger partial charge in [0.25, 0.3) is 0 Å². The lowest BCUT2D eigenvalue weighted by atomic mass is 9.97. The number of ether oxygens (including phenoxy) is 1. The number of carbonyl (C=O) groups is 2. The molecule has 3 heteroatoms. The van der Waals surface area contributed by atoms with E-state index in [0.717, 1.165) is 16.7 Å². The standard InChI is InChI=1S/C13H16O3/c1-8-5-11(6-9(2)14)7-12(10(8)3)13(15)16-4/h5,7H,6H2,1-4H3. The van der Waals surface area contributed by atoms with Crippen molar-refractivity contribution in [3.8, 4) is 0 Å². The van der Waals surface area contributed by atoms with Crippen molar-refractivity contribution >= 4 is 11.8 Å². The molecule has 3 nitrogen and oxygen atoms in total. The minimum Gasteiger partial charge on any atom is -0.465 e. The normalized spacial score (nSPS) is 10.0. The molecule has 0 aliphatic heterocycles. The summed E-state index contributed by atoms with van der Waals surface area (Å²) in [4.78, 5) is 22.6. The molecule has 0 aromatic heterocycles. The molecule has 0 bridgehead atoms. The summed E-state index contributed by atoms with van der Waals surface area (Å²) in [6, 6.07) is 3.67. The topological polar surface area (TPSA) is 43.4 Å². The van der Waals surface area contributed by atoms with Gasteiger partial charge in [-0.2, -0.15) is 0 Å². The highest BCUT2D eigenvalue weighted by Crippen LogP contribution is 2.17. The van der Waals surface area contributed by atoms with E-state index in [1.54, 1.807) is 6.07 Å². The van der Waals surface area contributed by atoms with E-state index in [1.807, 2.05) is 19.9 Å². The minimum atomic E-state index is -0.356. The first-order valence-corrected chi connectivity index (χ1v) is 5.13. The lowest BCUT2D eigenvalue weighted by Crippen LogP contribution is -2.07. The first kappa shape index (κ1) is 12.4. The maximum absolute atomic E-state index is 11.5. The Morgan fingerprint density at radius 1 is 1.25 bits per heavy atom. The molecule has 1 aromatic carbocycles. The molecule has 1 aromatic rings. The fourth-order valence-electron chi connectivity index (χ4n) is 1.65. The summed E-state index contributed by atoms with van der Waals surface area (Å²) in [5, 5.41) is 0. The van der Waals surface area contributed by atoms with Crippen LogP contribution < -0.4 is 0 Å². The molecule has 0 heterocycles. The fraction of sp³-hybridized carbons (Fsp3) is 0.385. The van der Waals surface area contributed by atoms with Gasteiger partial charge in [0.1, 0.15) is 5.78 Å². The van der Waals surface area contributed by atoms with Crippen molar-refractivity contribution in [2.24, 2.45) is 0 Å². The average molecular weight is 220 g/mol. The number of methoxy groups -OCH3 is 1. The van der Waals surface area contributed by atoms with Crippen LogP contribution in [0.25, 0.3) is 0 Å². The number of ketones is 1. The van der Waals surface area contributed by atoms with Crippen molar-refractivity contribution < 1.29 is 14.3 Å². The number of carbonyl (C=O) groups excluding carboxylic acids is 2. The lowest BCUT2D eigenvalue weighted by Gasteiger charge is -2.09. The lowest BCUT2D eigenvalue weighted by molar-refractivity contribution is -0.116. The van der Waals surface area contributed by atoms with Gasteiger partial charge in [-0.05, 0) is 43.5 Å². The van der Waals surface area contributed by atoms with E-state index in [4.69, 9.17) is 4.74 Å². The Hall–Kier alpha value is -1.64. The van der Waals surface area contributed by atoms with Crippen LogP contribution in [0.15, 0.2) is 12.1 Å². The van der Waals surface area contributed by atoms with Crippen LogP contribution in [-0.2, 0) is 16.0 Å². The molecule has 0 atom stereocenters. The number of benzene rings is 1. The van der Waals surface area contributed by atoms with Crippen LogP contribution in [0.5, 0.6) is 0 Å². The third-order valence-corrected chi connectivity index (χ3v) is 2.59. The summed E-state index contributed by atoms with van der Waals surface area (Å²) in [5.74, 6) is -0.273. The summed E-state index contributed by atoms with van der Waals surface area (Å²) < 4.78 is 4.71. The van der Waals surface area contributed by atoms with E-state index in [2.05, 4.69) is 0 Å². The highest BCUT2D eigenvalue weighted by molar-refractivity contribution is 5.92. The summed E-state index contributed by atoms with van der Waals surface area (Å²) in [7, 11) is 1.36. The predicted molar refractivity (Wildman–Crippen MR) is 61.6 cm³/mol. The first-order valence-electron chi connectivity index (χ1n) is 5.13. The Balaban J connectivity index is 3.21. The van der Waals surface area contributed by atoms with Crippen molar-refractivity contribution in [1.29, 1.82) is 0 Å².